The predicted octanol–water partition coefficient (Wildman–Crippen LogP) is 3.38. The maximum Gasteiger partial charge on any atom is 0.277 e. The van der Waals surface area contributed by atoms with Crippen LogP contribution in [0.2, 0.25) is 0 Å². The SMILES string of the molecule is O=C(CSc1nnc(-c2ccc([N+](=O)[O-])cc2)o1)Nc1cccc2nsnc12. The van der Waals surface area contributed by atoms with Crippen molar-refractivity contribution >= 4 is 51.8 Å². The maximum atomic E-state index is 12.2. The number of carbonyl (C=O) groups excluding carboxylic acids is 1. The molecule has 0 spiro atoms. The van der Waals surface area contributed by atoms with Gasteiger partial charge in [0.25, 0.3) is 10.9 Å². The third-order valence-electron chi connectivity index (χ3n) is 3.62. The molecule has 1 amide bonds. The molecule has 12 heteroatoms. The fourth-order valence-electron chi connectivity index (χ4n) is 2.33. The highest BCUT2D eigenvalue weighted by molar-refractivity contribution is 7.99. The molecule has 0 aliphatic carbocycles. The summed E-state index contributed by atoms with van der Waals surface area (Å²) in [5, 5.41) is 21.5. The van der Waals surface area contributed by atoms with E-state index in [4.69, 9.17) is 4.42 Å². The van der Waals surface area contributed by atoms with Gasteiger partial charge >= 0.3 is 0 Å². The van der Waals surface area contributed by atoms with E-state index in [2.05, 4.69) is 24.3 Å². The average molecular weight is 414 g/mol. The number of non-ortho nitro benzene ring substituents is 1. The number of fused-ring (bicyclic) bond motifs is 1. The van der Waals surface area contributed by atoms with Gasteiger partial charge in [-0.15, -0.1) is 10.2 Å². The molecule has 1 N–H and O–H groups in total. The number of amides is 1. The fraction of sp³-hybridized carbons (Fsp3) is 0.0625. The molecule has 0 unspecified atom stereocenters. The van der Waals surface area contributed by atoms with E-state index in [1.54, 1.807) is 12.1 Å². The first-order valence-corrected chi connectivity index (χ1v) is 9.54. The lowest BCUT2D eigenvalue weighted by Crippen LogP contribution is -2.14. The van der Waals surface area contributed by atoms with Crippen LogP contribution in [-0.4, -0.2) is 35.5 Å². The molecule has 10 nitrogen and oxygen atoms in total. The van der Waals surface area contributed by atoms with Crippen LogP contribution in [0, 0.1) is 10.1 Å². The van der Waals surface area contributed by atoms with Crippen molar-refractivity contribution in [1.82, 2.24) is 18.9 Å². The van der Waals surface area contributed by atoms with Gasteiger partial charge in [0, 0.05) is 17.7 Å². The second kappa shape index (κ2) is 7.70. The topological polar surface area (TPSA) is 137 Å². The number of hydrogen-bond donors (Lipinski definition) is 1. The molecule has 0 aliphatic heterocycles. The molecular weight excluding hydrogens is 404 g/mol. The molecule has 4 aromatic rings. The number of benzene rings is 2. The average Bonchev–Trinajstić information content (AvgIpc) is 3.36. The first-order chi connectivity index (χ1) is 13.6. The zero-order valence-electron chi connectivity index (χ0n) is 13.9. The number of anilines is 1. The third kappa shape index (κ3) is 3.82. The number of carbonyl (C=O) groups is 1. The van der Waals surface area contributed by atoms with Gasteiger partial charge in [0.1, 0.15) is 11.0 Å². The van der Waals surface area contributed by atoms with Crippen LogP contribution in [0.3, 0.4) is 0 Å². The highest BCUT2D eigenvalue weighted by Gasteiger charge is 2.14. The quantitative estimate of drug-likeness (QED) is 0.286. The van der Waals surface area contributed by atoms with Gasteiger partial charge in [-0.3, -0.25) is 14.9 Å². The van der Waals surface area contributed by atoms with Crippen LogP contribution in [0.25, 0.3) is 22.5 Å². The van der Waals surface area contributed by atoms with Crippen molar-refractivity contribution in [3.63, 3.8) is 0 Å². The number of hydrogen-bond acceptors (Lipinski definition) is 10. The van der Waals surface area contributed by atoms with Crippen molar-refractivity contribution < 1.29 is 14.1 Å². The van der Waals surface area contributed by atoms with Gasteiger partial charge in [0.15, 0.2) is 0 Å². The molecule has 2 aromatic heterocycles. The van der Waals surface area contributed by atoms with Crippen molar-refractivity contribution in [2.75, 3.05) is 11.1 Å². The lowest BCUT2D eigenvalue weighted by Gasteiger charge is -2.03. The molecule has 140 valence electrons. The number of thioether (sulfide) groups is 1. The zero-order valence-corrected chi connectivity index (χ0v) is 15.6. The van der Waals surface area contributed by atoms with E-state index in [9.17, 15) is 14.9 Å². The van der Waals surface area contributed by atoms with Crippen molar-refractivity contribution in [2.45, 2.75) is 5.22 Å². The van der Waals surface area contributed by atoms with Crippen molar-refractivity contribution in [2.24, 2.45) is 0 Å². The highest BCUT2D eigenvalue weighted by Crippen LogP contribution is 2.25. The largest absolute Gasteiger partial charge is 0.411 e. The number of nitrogens with zero attached hydrogens (tertiary/aromatic N) is 5. The summed E-state index contributed by atoms with van der Waals surface area (Å²) in [6.07, 6.45) is 0. The number of aromatic nitrogens is 4. The Balaban J connectivity index is 1.38. The van der Waals surface area contributed by atoms with E-state index in [1.807, 2.05) is 6.07 Å². The smallest absolute Gasteiger partial charge is 0.277 e. The summed E-state index contributed by atoms with van der Waals surface area (Å²) >= 11 is 2.17. The Hall–Kier alpha value is -3.38. The molecule has 0 aliphatic rings. The summed E-state index contributed by atoms with van der Waals surface area (Å²) in [4.78, 5) is 22.4. The second-order valence-electron chi connectivity index (χ2n) is 5.45. The number of nitro groups is 1. The van der Waals surface area contributed by atoms with Gasteiger partial charge in [0.05, 0.1) is 28.1 Å². The standard InChI is InChI=1S/C16H10N6O4S2/c23-13(17-11-2-1-3-12-14(11)21-28-20-12)8-27-16-19-18-15(26-16)9-4-6-10(7-5-9)22(24)25/h1-7H,8H2,(H,17,23). The van der Waals surface area contributed by atoms with Crippen LogP contribution in [0.1, 0.15) is 0 Å². The minimum Gasteiger partial charge on any atom is -0.411 e. The van der Waals surface area contributed by atoms with Crippen LogP contribution in [0.5, 0.6) is 0 Å². The summed E-state index contributed by atoms with van der Waals surface area (Å²) in [5.74, 6) is 0.0345. The molecule has 28 heavy (non-hydrogen) atoms. The molecular formula is C16H10N6O4S2. The van der Waals surface area contributed by atoms with Crippen molar-refractivity contribution in [1.29, 1.82) is 0 Å². The molecule has 0 radical (unpaired) electrons. The van der Waals surface area contributed by atoms with E-state index in [0.29, 0.717) is 16.8 Å². The van der Waals surface area contributed by atoms with Gasteiger partial charge in [-0.05, 0) is 24.3 Å². The number of nitro benzene ring substituents is 1. The Labute approximate surface area is 165 Å². The van der Waals surface area contributed by atoms with Gasteiger partial charge in [-0.1, -0.05) is 17.8 Å². The van der Waals surface area contributed by atoms with Gasteiger partial charge < -0.3 is 9.73 Å². The van der Waals surface area contributed by atoms with Crippen LogP contribution < -0.4 is 5.32 Å². The number of nitrogens with one attached hydrogen (secondary N) is 1. The van der Waals surface area contributed by atoms with Crippen molar-refractivity contribution in [3.8, 4) is 11.5 Å². The molecule has 2 heterocycles. The fourth-order valence-corrected chi connectivity index (χ4v) is 3.44. The minimum absolute atomic E-state index is 0.0279. The Bertz CT molecular complexity index is 1160. The van der Waals surface area contributed by atoms with E-state index < -0.39 is 4.92 Å². The normalized spacial score (nSPS) is 10.9. The van der Waals surface area contributed by atoms with E-state index in [1.165, 1.54) is 24.3 Å². The molecule has 0 saturated carbocycles. The van der Waals surface area contributed by atoms with Crippen LogP contribution in [0.15, 0.2) is 52.1 Å². The predicted molar refractivity (Wildman–Crippen MR) is 103 cm³/mol. The Kier molecular flexibility index (Phi) is 4.95. The second-order valence-corrected chi connectivity index (χ2v) is 6.91. The van der Waals surface area contributed by atoms with Crippen molar-refractivity contribution in [3.05, 3.63) is 52.6 Å². The van der Waals surface area contributed by atoms with E-state index >= 15 is 0 Å². The van der Waals surface area contributed by atoms with Gasteiger partial charge in [-0.2, -0.15) is 8.75 Å². The Morgan fingerprint density at radius 3 is 2.79 bits per heavy atom. The molecule has 0 atom stereocenters. The maximum absolute atomic E-state index is 12.2. The lowest BCUT2D eigenvalue weighted by molar-refractivity contribution is -0.384. The summed E-state index contributed by atoms with van der Waals surface area (Å²) in [5.41, 5.74) is 2.48. The first kappa shape index (κ1) is 18.0. The summed E-state index contributed by atoms with van der Waals surface area (Å²) in [6, 6.07) is 11.1. The van der Waals surface area contributed by atoms with E-state index in [0.717, 1.165) is 29.0 Å². The van der Waals surface area contributed by atoms with Gasteiger partial charge in [0.2, 0.25) is 11.8 Å². The molecule has 0 fully saturated rings. The molecule has 4 rings (SSSR count). The van der Waals surface area contributed by atoms with Crippen LogP contribution in [-0.2, 0) is 4.79 Å². The Morgan fingerprint density at radius 2 is 2.00 bits per heavy atom. The first-order valence-electron chi connectivity index (χ1n) is 7.82. The molecule has 0 bridgehead atoms. The minimum atomic E-state index is -0.486. The Morgan fingerprint density at radius 1 is 1.18 bits per heavy atom. The summed E-state index contributed by atoms with van der Waals surface area (Å²) < 4.78 is 13.8. The summed E-state index contributed by atoms with van der Waals surface area (Å²) in [7, 11) is 0. The monoisotopic (exact) mass is 414 g/mol. The molecule has 2 aromatic carbocycles. The van der Waals surface area contributed by atoms with E-state index in [-0.39, 0.29) is 28.5 Å². The molecule has 0 saturated heterocycles. The lowest BCUT2D eigenvalue weighted by atomic mass is 10.2. The van der Waals surface area contributed by atoms with Crippen LogP contribution in [0.4, 0.5) is 11.4 Å². The zero-order chi connectivity index (χ0) is 19.5. The third-order valence-corrected chi connectivity index (χ3v) is 4.98. The highest BCUT2D eigenvalue weighted by atomic mass is 32.2. The van der Waals surface area contributed by atoms with Crippen LogP contribution >= 0.6 is 23.5 Å². The number of rotatable bonds is 6. The van der Waals surface area contributed by atoms with Gasteiger partial charge in [-0.25, -0.2) is 0 Å². The summed E-state index contributed by atoms with van der Waals surface area (Å²) in [6.45, 7) is 0.